The molecule has 1 saturated heterocycles. The van der Waals surface area contributed by atoms with E-state index in [1.54, 1.807) is 18.0 Å². The molecule has 7 nitrogen and oxygen atoms in total. The second-order valence-electron chi connectivity index (χ2n) is 6.58. The molecule has 7 heteroatoms. The van der Waals surface area contributed by atoms with Crippen LogP contribution in [0.5, 0.6) is 5.75 Å². The van der Waals surface area contributed by atoms with Crippen LogP contribution in [0, 0.1) is 0 Å². The third kappa shape index (κ3) is 3.22. The number of aromatic nitrogens is 4. The molecule has 136 valence electrons. The van der Waals surface area contributed by atoms with Crippen molar-refractivity contribution in [3.63, 3.8) is 0 Å². The fourth-order valence-corrected chi connectivity index (χ4v) is 3.63. The van der Waals surface area contributed by atoms with Crippen LogP contribution < -0.4 is 10.1 Å². The second-order valence-corrected chi connectivity index (χ2v) is 6.58. The molecular formula is C19H24N6O. The van der Waals surface area contributed by atoms with Crippen molar-refractivity contribution >= 4 is 11.3 Å². The number of anilines is 1. The Balaban J connectivity index is 1.62. The molecule has 1 aliphatic heterocycles. The van der Waals surface area contributed by atoms with Crippen molar-refractivity contribution in [3.05, 3.63) is 36.7 Å². The molecule has 1 aliphatic rings. The van der Waals surface area contributed by atoms with Crippen LogP contribution in [0.1, 0.15) is 19.8 Å². The summed E-state index contributed by atoms with van der Waals surface area (Å²) in [5, 5.41) is 16.5. The Morgan fingerprint density at radius 1 is 1.27 bits per heavy atom. The number of likely N-dealkylation sites (N-methyl/N-ethyl adjacent to an activating group) is 1. The highest BCUT2D eigenvalue weighted by Crippen LogP contribution is 2.25. The summed E-state index contributed by atoms with van der Waals surface area (Å²) in [5.74, 6) is 0.832. The van der Waals surface area contributed by atoms with Crippen molar-refractivity contribution in [3.8, 4) is 17.0 Å². The Kier molecular flexibility index (Phi) is 4.71. The van der Waals surface area contributed by atoms with Gasteiger partial charge in [0.2, 0.25) is 5.65 Å². The molecule has 1 atom stereocenters. The lowest BCUT2D eigenvalue weighted by Crippen LogP contribution is -2.34. The molecule has 4 rings (SSSR count). The van der Waals surface area contributed by atoms with E-state index < -0.39 is 0 Å². The van der Waals surface area contributed by atoms with Gasteiger partial charge in [-0.2, -0.15) is 9.61 Å². The number of fused-ring (bicyclic) bond motifs is 1. The van der Waals surface area contributed by atoms with Gasteiger partial charge >= 0.3 is 0 Å². The van der Waals surface area contributed by atoms with Crippen molar-refractivity contribution in [2.45, 2.75) is 25.8 Å². The smallest absolute Gasteiger partial charge is 0.200 e. The first-order valence-corrected chi connectivity index (χ1v) is 9.12. The minimum absolute atomic E-state index is 0.570. The average molecular weight is 352 g/mol. The summed E-state index contributed by atoms with van der Waals surface area (Å²) in [5.41, 5.74) is 3.62. The van der Waals surface area contributed by atoms with E-state index in [1.807, 2.05) is 24.3 Å². The fourth-order valence-electron chi connectivity index (χ4n) is 3.63. The van der Waals surface area contributed by atoms with Crippen LogP contribution >= 0.6 is 0 Å². The maximum absolute atomic E-state index is 5.24. The van der Waals surface area contributed by atoms with Gasteiger partial charge in [0.1, 0.15) is 12.1 Å². The van der Waals surface area contributed by atoms with Gasteiger partial charge in [-0.1, -0.05) is 6.92 Å². The van der Waals surface area contributed by atoms with Gasteiger partial charge in [0.25, 0.3) is 0 Å². The molecule has 0 amide bonds. The first kappa shape index (κ1) is 16.8. The first-order chi connectivity index (χ1) is 12.8. The molecule has 0 spiro atoms. The number of ether oxygens (including phenoxy) is 1. The van der Waals surface area contributed by atoms with Gasteiger partial charge in [0, 0.05) is 18.2 Å². The number of nitrogens with one attached hydrogen (secondary N) is 1. The van der Waals surface area contributed by atoms with E-state index in [2.05, 4.69) is 38.5 Å². The predicted molar refractivity (Wildman–Crippen MR) is 102 cm³/mol. The lowest BCUT2D eigenvalue weighted by Gasteiger charge is -2.23. The Morgan fingerprint density at radius 3 is 2.88 bits per heavy atom. The van der Waals surface area contributed by atoms with Crippen molar-refractivity contribution < 1.29 is 4.74 Å². The molecule has 1 fully saturated rings. The van der Waals surface area contributed by atoms with Crippen molar-refractivity contribution in [2.75, 3.05) is 32.1 Å². The van der Waals surface area contributed by atoms with Crippen LogP contribution in [0.15, 0.2) is 36.7 Å². The van der Waals surface area contributed by atoms with E-state index in [1.165, 1.54) is 19.4 Å². The monoisotopic (exact) mass is 352 g/mol. The third-order valence-electron chi connectivity index (χ3n) is 5.09. The van der Waals surface area contributed by atoms with Crippen LogP contribution in [0.2, 0.25) is 0 Å². The minimum Gasteiger partial charge on any atom is -0.497 e. The van der Waals surface area contributed by atoms with Gasteiger partial charge in [-0.25, -0.2) is 0 Å². The topological polar surface area (TPSA) is 67.6 Å². The summed E-state index contributed by atoms with van der Waals surface area (Å²) in [6.07, 6.45) is 4.15. The number of rotatable bonds is 6. The summed E-state index contributed by atoms with van der Waals surface area (Å²) < 4.78 is 6.97. The number of methoxy groups -OCH3 is 1. The predicted octanol–water partition coefficient (Wildman–Crippen LogP) is 2.70. The molecule has 1 aromatic carbocycles. The van der Waals surface area contributed by atoms with E-state index >= 15 is 0 Å². The standard InChI is InChI=1S/C19H24N6O/c1-3-24-10-4-5-15(24)12-20-18-11-17(23-25-13-21-22-19(18)25)14-6-8-16(26-2)9-7-14/h6-9,11,13,15,20H,3-5,10,12H2,1-2H3/t15-/m0/s1. The zero-order valence-electron chi connectivity index (χ0n) is 15.2. The van der Waals surface area contributed by atoms with E-state index in [9.17, 15) is 0 Å². The number of hydrogen-bond acceptors (Lipinski definition) is 6. The lowest BCUT2D eigenvalue weighted by atomic mass is 10.1. The van der Waals surface area contributed by atoms with E-state index in [0.29, 0.717) is 6.04 Å². The molecule has 0 bridgehead atoms. The van der Waals surface area contributed by atoms with Gasteiger partial charge in [-0.05, 0) is 56.3 Å². The zero-order valence-corrected chi connectivity index (χ0v) is 15.2. The largest absolute Gasteiger partial charge is 0.497 e. The maximum atomic E-state index is 5.24. The van der Waals surface area contributed by atoms with Crippen LogP contribution in [0.25, 0.3) is 16.9 Å². The van der Waals surface area contributed by atoms with Gasteiger partial charge < -0.3 is 10.1 Å². The highest BCUT2D eigenvalue weighted by Gasteiger charge is 2.23. The molecular weight excluding hydrogens is 328 g/mol. The van der Waals surface area contributed by atoms with Crippen molar-refractivity contribution in [1.82, 2.24) is 24.7 Å². The molecule has 1 N–H and O–H groups in total. The van der Waals surface area contributed by atoms with Crippen LogP contribution in [0.4, 0.5) is 5.69 Å². The second kappa shape index (κ2) is 7.29. The Hall–Kier alpha value is -2.67. The zero-order chi connectivity index (χ0) is 17.9. The highest BCUT2D eigenvalue weighted by atomic mass is 16.5. The first-order valence-electron chi connectivity index (χ1n) is 9.12. The number of nitrogens with zero attached hydrogens (tertiary/aromatic N) is 5. The quantitative estimate of drug-likeness (QED) is 0.736. The van der Waals surface area contributed by atoms with Crippen LogP contribution in [-0.4, -0.2) is 57.5 Å². The molecule has 0 aliphatic carbocycles. The minimum atomic E-state index is 0.570. The highest BCUT2D eigenvalue weighted by molar-refractivity contribution is 5.73. The Bertz CT molecular complexity index is 875. The number of hydrogen-bond donors (Lipinski definition) is 1. The fraction of sp³-hybridized carbons (Fsp3) is 0.421. The molecule has 0 radical (unpaired) electrons. The molecule has 0 saturated carbocycles. The molecule has 0 unspecified atom stereocenters. The van der Waals surface area contributed by atoms with Gasteiger partial charge in [-0.3, -0.25) is 4.90 Å². The molecule has 3 aromatic rings. The summed E-state index contributed by atoms with van der Waals surface area (Å²) in [6, 6.07) is 10.5. The van der Waals surface area contributed by atoms with Crippen molar-refractivity contribution in [1.29, 1.82) is 0 Å². The normalized spacial score (nSPS) is 17.7. The molecule has 3 heterocycles. The van der Waals surface area contributed by atoms with Crippen molar-refractivity contribution in [2.24, 2.45) is 0 Å². The lowest BCUT2D eigenvalue weighted by molar-refractivity contribution is 0.277. The van der Waals surface area contributed by atoms with E-state index in [0.717, 1.165) is 41.4 Å². The van der Waals surface area contributed by atoms with Gasteiger partial charge in [-0.15, -0.1) is 10.2 Å². The third-order valence-corrected chi connectivity index (χ3v) is 5.09. The molecule has 26 heavy (non-hydrogen) atoms. The van der Waals surface area contributed by atoms with Crippen LogP contribution in [-0.2, 0) is 0 Å². The summed E-state index contributed by atoms with van der Waals surface area (Å²) in [4.78, 5) is 2.53. The van der Waals surface area contributed by atoms with Crippen LogP contribution in [0.3, 0.4) is 0 Å². The summed E-state index contributed by atoms with van der Waals surface area (Å²) in [7, 11) is 1.67. The summed E-state index contributed by atoms with van der Waals surface area (Å²) in [6.45, 7) is 5.42. The number of likely N-dealkylation sites (tertiary alicyclic amines) is 1. The van der Waals surface area contributed by atoms with E-state index in [4.69, 9.17) is 4.74 Å². The maximum Gasteiger partial charge on any atom is 0.200 e. The summed E-state index contributed by atoms with van der Waals surface area (Å²) >= 11 is 0. The molecule has 2 aromatic heterocycles. The Labute approximate surface area is 153 Å². The van der Waals surface area contributed by atoms with E-state index in [-0.39, 0.29) is 0 Å². The van der Waals surface area contributed by atoms with Gasteiger partial charge in [0.05, 0.1) is 18.5 Å². The SMILES string of the molecule is CCN1CCC[C@H]1CNc1cc(-c2ccc(OC)cc2)nn2cnnc12. The number of benzene rings is 1. The van der Waals surface area contributed by atoms with Gasteiger partial charge in [0.15, 0.2) is 0 Å². The Morgan fingerprint density at radius 2 is 2.12 bits per heavy atom. The average Bonchev–Trinajstić information content (AvgIpc) is 3.34.